The zero-order valence-electron chi connectivity index (χ0n) is 91.6. The van der Waals surface area contributed by atoms with Crippen LogP contribution in [0.5, 0.6) is 0 Å². The van der Waals surface area contributed by atoms with Crippen molar-refractivity contribution in [3.63, 3.8) is 0 Å². The predicted molar refractivity (Wildman–Crippen MR) is 594 cm³/mol. The van der Waals surface area contributed by atoms with E-state index < -0.39 is 36.9 Å². The number of carbonyl (C=O) groups excluding carboxylic acids is 4. The summed E-state index contributed by atoms with van der Waals surface area (Å²) >= 11 is 5.40. The summed E-state index contributed by atoms with van der Waals surface area (Å²) in [6.45, 7) is 61.9. The van der Waals surface area contributed by atoms with Crippen LogP contribution in [0.15, 0.2) is 189 Å². The average molecular weight is 2060 g/mol. The molecule has 1 aromatic carbocycles. The maximum Gasteiger partial charge on any atom is 0.333 e. The number of nitrogens with one attached hydrogen (secondary N) is 1. The Kier molecular flexibility index (Phi) is 62.6. The summed E-state index contributed by atoms with van der Waals surface area (Å²) in [5.41, 5.74) is 22.0. The first-order chi connectivity index (χ1) is 68.4. The molecule has 5 atom stereocenters. The van der Waals surface area contributed by atoms with E-state index in [4.69, 9.17) is 66.5 Å². The fraction of sp³-hybridized carbons (Fsp3) is 0.630. The summed E-state index contributed by atoms with van der Waals surface area (Å²) in [5, 5.41) is 78.5. The molecule has 0 aromatic heterocycles. The lowest BCUT2D eigenvalue weighted by Gasteiger charge is -2.42. The summed E-state index contributed by atoms with van der Waals surface area (Å²) in [6, 6.07) is 15.9. The Morgan fingerprint density at radius 2 is 0.688 bits per heavy atom. The molecule has 798 valence electrons. The third kappa shape index (κ3) is 44.4. The molecular weight excluding hydrogens is 1870 g/mol. The van der Waals surface area contributed by atoms with E-state index in [1.807, 2.05) is 6.08 Å². The number of benzene rings is 1. The Labute approximate surface area is 876 Å². The number of hydrogen-bond donors (Lipinski definition) is 6. The second-order valence-corrected chi connectivity index (χ2v) is 60.1. The van der Waals surface area contributed by atoms with Gasteiger partial charge >= 0.3 is 17.9 Å². The van der Waals surface area contributed by atoms with Crippen molar-refractivity contribution in [1.29, 1.82) is 21.0 Å². The van der Waals surface area contributed by atoms with Gasteiger partial charge in [-0.2, -0.15) is 21.0 Å². The minimum Gasteiger partial charge on any atom is -0.478 e. The summed E-state index contributed by atoms with van der Waals surface area (Å²) in [4.78, 5) is 70.9. The number of halogens is 1. The van der Waals surface area contributed by atoms with E-state index in [0.717, 1.165) is 220 Å². The summed E-state index contributed by atoms with van der Waals surface area (Å²) in [7, 11) is -3.81. The lowest BCUT2D eigenvalue weighted by molar-refractivity contribution is -0.136. The number of esters is 1. The minimum absolute atomic E-state index is 0.0277. The Morgan fingerprint density at radius 1 is 0.396 bits per heavy atom. The average Bonchev–Trinajstić information content (AvgIpc) is 1.61. The molecule has 21 nitrogen and oxygen atoms in total. The second kappa shape index (κ2) is 69.6. The first-order valence-electron chi connectivity index (χ1n) is 53.4. The van der Waals surface area contributed by atoms with Gasteiger partial charge in [-0.15, -0.1) is 0 Å². The van der Waals surface area contributed by atoms with Gasteiger partial charge in [0.25, 0.3) is 11.8 Å². The molecule has 0 fully saturated rings. The number of carbonyl (C=O) groups is 6. The van der Waals surface area contributed by atoms with Crippen LogP contribution in [0, 0.1) is 74.9 Å². The first kappa shape index (κ1) is 130. The van der Waals surface area contributed by atoms with Gasteiger partial charge in [-0.25, -0.2) is 19.2 Å². The molecule has 10 aliphatic carbocycles. The largest absolute Gasteiger partial charge is 0.478 e. The number of ketones is 1. The fourth-order valence-electron chi connectivity index (χ4n) is 22.5. The number of carboxylic acids is 2. The molecule has 6 N–H and O–H groups in total. The zero-order chi connectivity index (χ0) is 108. The Bertz CT molecular complexity index is 4660. The molecular formula is C119H183ClN6O15Si3. The molecule has 0 radical (unpaired) electrons. The van der Waals surface area contributed by atoms with Crippen molar-refractivity contribution in [2.75, 3.05) is 59.8 Å². The SMILES string of the molecule is C=C1CCC=C(C(=O)O)C1.C=C1CCC=C(C(=O)OC)C1.C=C1CCC=C(CO)C1.C=C1CCC=C(CO[Si](C(C)C)(C(C)C)C(C)C)C1.CC(C)[Si](OCC1=CCCC(CC#N)C1)(C(C)C)C(C)C.CC(C)[Si](OCC1=CCCC(CO)C1)(C(C)C)C(C)C.N#CCC1CCC=C(CN2C(=O)c3ccccc3C2=O)C1.N#CCC1CCC=C(CNCl)C1.N#CCC1CCC=C(CO)C1.O=C1CCC=C(C(=O)O)C1. The molecule has 2 amide bonds. The number of carboxylic acid groups (broad SMARTS) is 2. The van der Waals surface area contributed by atoms with E-state index in [2.05, 4.69) is 227 Å². The third-order valence-electron chi connectivity index (χ3n) is 29.8. The van der Waals surface area contributed by atoms with Gasteiger partial charge in [0, 0.05) is 68.4 Å². The van der Waals surface area contributed by atoms with E-state index in [9.17, 15) is 33.9 Å². The van der Waals surface area contributed by atoms with Crippen LogP contribution in [0.25, 0.3) is 0 Å². The van der Waals surface area contributed by atoms with Crippen molar-refractivity contribution in [3.8, 4) is 24.3 Å². The normalized spacial score (nSPS) is 20.1. The van der Waals surface area contributed by atoms with Crippen molar-refractivity contribution in [2.24, 2.45) is 29.6 Å². The van der Waals surface area contributed by atoms with Crippen LogP contribution in [0.4, 0.5) is 0 Å². The van der Waals surface area contributed by atoms with Crippen LogP contribution in [0.3, 0.4) is 0 Å². The lowest BCUT2D eigenvalue weighted by Crippen LogP contribution is -2.48. The van der Waals surface area contributed by atoms with Crippen molar-refractivity contribution < 1.29 is 72.3 Å². The number of aliphatic carboxylic acids is 2. The molecule has 0 spiro atoms. The Balaban J connectivity index is 0.000000417. The molecule has 144 heavy (non-hydrogen) atoms. The summed E-state index contributed by atoms with van der Waals surface area (Å²) < 4.78 is 24.5. The number of hydrogen-bond acceptors (Lipinski definition) is 18. The van der Waals surface area contributed by atoms with Crippen molar-refractivity contribution in [1.82, 2.24) is 9.74 Å². The highest BCUT2D eigenvalue weighted by atomic mass is 35.5. The molecule has 25 heteroatoms. The fourth-order valence-corrected chi connectivity index (χ4v) is 39.0. The number of Topliss-reactive ketones (excluding diaryl/α,β-unsaturated/α-hetero) is 1. The Morgan fingerprint density at radius 3 is 1.01 bits per heavy atom. The van der Waals surface area contributed by atoms with E-state index in [1.165, 1.54) is 45.4 Å². The van der Waals surface area contributed by atoms with Crippen LogP contribution in [0.1, 0.15) is 364 Å². The number of imide groups is 1. The first-order valence-corrected chi connectivity index (χ1v) is 60.2. The van der Waals surface area contributed by atoms with Crippen LogP contribution in [-0.2, 0) is 37.2 Å². The quantitative estimate of drug-likeness (QED) is 0.0128. The van der Waals surface area contributed by atoms with Gasteiger partial charge in [0.15, 0.2) is 0 Å². The molecule has 0 bridgehead atoms. The smallest absolute Gasteiger partial charge is 0.333 e. The van der Waals surface area contributed by atoms with Gasteiger partial charge in [0.1, 0.15) is 5.78 Å². The summed E-state index contributed by atoms with van der Waals surface area (Å²) in [5.74, 6) is 0.0217. The van der Waals surface area contributed by atoms with Gasteiger partial charge in [-0.05, 0) is 311 Å². The molecule has 5 unspecified atom stereocenters. The highest BCUT2D eigenvalue weighted by molar-refractivity contribution is 6.78. The van der Waals surface area contributed by atoms with E-state index in [-0.39, 0.29) is 48.8 Å². The number of amides is 2. The molecule has 0 saturated carbocycles. The number of nitriles is 4. The number of nitrogens with zero attached hydrogens (tertiary/aromatic N) is 5. The molecule has 1 aliphatic heterocycles. The van der Waals surface area contributed by atoms with Gasteiger partial charge in [-0.1, -0.05) is 257 Å². The predicted octanol–water partition coefficient (Wildman–Crippen LogP) is 29.4. The number of aliphatic hydroxyl groups is 3. The summed E-state index contributed by atoms with van der Waals surface area (Å²) in [6.07, 6.45) is 51.7. The van der Waals surface area contributed by atoms with Crippen molar-refractivity contribution >= 4 is 72.2 Å². The standard InChI is InChI=1S/C18H33NOSi.C17H16N2O2.C17H34O2Si.C17H32OSi.C9H13ClN2.C9H13NO.C9H12O2.C8H10O2.C8H12O.C7H8O3/c1-14(2)21(15(3)4,16(5)6)20-13-18-9-7-8-17(12-18)10-11-19;18-9-8-12-4-3-5-13(10-12)11-19-16(20)14-6-1-2-7-15(14)17(19)21;1-13(2)20(14(3)4,15(5)6)19-12-17-9-7-8-16(10-17)11-18;1-13(2)19(14(3)4,15(5)6)18-12-17-10-8-9-16(7)11-17;10-12-7-9-3-1-2-8(6-9)4-5-11;10-5-4-8-2-1-3-9(6-8)7-11;1-7-4-3-5-8(6-7)9(10)11-2;1-6-3-2-4-7(5-6)8(9)10;1-7-3-2-4-8(5-7)6-9;8-6-3-1-2-5(4-6)7(9)10/h9,14-17H,7-8,10,12-13H2,1-6H3;1-2,5-7,12H,3-4,8,10-11H2;9,13-16,18H,7-8,10-12H2,1-6H3;10,13-15H,7-9,11-12H2,1-6H3;3,8,12H,1-2,4,6-7H2;3,8,11H,1-2,4,6-7H2;5H,1,3-4,6H2,2H3;4H,1-3,5H2,(H,9,10);4,9H,1-3,5-6H2;2H,1,3-4H2,(H,9,10). The van der Waals surface area contributed by atoms with Gasteiger partial charge in [0.05, 0.1) is 82.1 Å². The van der Waals surface area contributed by atoms with Gasteiger partial charge < -0.3 is 43.5 Å². The maximum atomic E-state index is 12.3. The number of ether oxygens (including phenoxy) is 1. The van der Waals surface area contributed by atoms with Crippen molar-refractivity contribution in [2.45, 2.75) is 393 Å². The monoisotopic (exact) mass is 2060 g/mol. The van der Waals surface area contributed by atoms with Gasteiger partial charge in [0.2, 0.25) is 25.0 Å². The number of aliphatic hydroxyl groups excluding tert-OH is 3. The molecule has 11 aliphatic rings. The molecule has 1 heterocycles. The molecule has 12 rings (SSSR count). The van der Waals surface area contributed by atoms with Crippen molar-refractivity contribution in [3.05, 3.63) is 200 Å². The Hall–Kier alpha value is -8.58. The number of rotatable bonds is 32. The minimum atomic E-state index is -1.76. The van der Waals surface area contributed by atoms with Crippen LogP contribution in [-0.4, -0.2) is 151 Å². The van der Waals surface area contributed by atoms with Gasteiger partial charge in [-0.3, -0.25) is 19.3 Å². The molecule has 1 aromatic rings. The van der Waals surface area contributed by atoms with E-state index in [1.54, 1.807) is 36.4 Å². The van der Waals surface area contributed by atoms with E-state index >= 15 is 0 Å². The third-order valence-corrected chi connectivity index (χ3v) is 48.1. The highest BCUT2D eigenvalue weighted by Crippen LogP contribution is 2.47. The lowest BCUT2D eigenvalue weighted by atomic mass is 9.87. The second-order valence-electron chi connectivity index (χ2n) is 43.5. The van der Waals surface area contributed by atoms with Crippen LogP contribution >= 0.6 is 11.8 Å². The number of methoxy groups -OCH3 is 1. The van der Waals surface area contributed by atoms with Crippen LogP contribution < -0.4 is 4.84 Å². The number of fused-ring (bicyclic) bond motifs is 1. The highest BCUT2D eigenvalue weighted by Gasteiger charge is 2.48. The maximum absolute atomic E-state index is 12.3. The van der Waals surface area contributed by atoms with Crippen LogP contribution in [0.2, 0.25) is 49.9 Å². The number of allylic oxidation sites excluding steroid dienone is 14. The topological polar surface area (TPSA) is 351 Å². The van der Waals surface area contributed by atoms with E-state index in [0.29, 0.717) is 161 Å². The zero-order valence-corrected chi connectivity index (χ0v) is 95.4. The molecule has 0 saturated heterocycles.